The highest BCUT2D eigenvalue weighted by atomic mass is 32.1. The highest BCUT2D eigenvalue weighted by molar-refractivity contribution is 7.22. The molecule has 254 valence electrons. The number of esters is 1. The van der Waals surface area contributed by atoms with Gasteiger partial charge in [-0.2, -0.15) is 5.10 Å². The molecular weight excluding hydrogens is 649 g/mol. The quantitative estimate of drug-likeness (QED) is 0.162. The number of aliphatic hydroxyl groups excluding tert-OH is 1. The highest BCUT2D eigenvalue weighted by Crippen LogP contribution is 2.35. The van der Waals surface area contributed by atoms with E-state index in [-0.39, 0.29) is 18.2 Å². The van der Waals surface area contributed by atoms with E-state index < -0.39 is 11.6 Å². The molecule has 0 aliphatic carbocycles. The van der Waals surface area contributed by atoms with Crippen molar-refractivity contribution in [3.8, 4) is 11.1 Å². The third-order valence-electron chi connectivity index (χ3n) is 8.70. The van der Waals surface area contributed by atoms with Crippen molar-refractivity contribution >= 4 is 44.4 Å². The number of para-hydroxylation sites is 1. The number of pyridine rings is 1. The van der Waals surface area contributed by atoms with E-state index in [1.807, 2.05) is 111 Å². The van der Waals surface area contributed by atoms with Crippen LogP contribution in [0.3, 0.4) is 0 Å². The standard InChI is InChI=1S/C39H38N6O4S/c1-24-34(31(23-46)43-45(24)21-25-11-6-5-7-12-25)28-17-18-33(41-35(28)37(48)49-39(2,3)4)44-20-19-26-13-10-14-27(29(26)22-44)36(47)42-38-40-30-15-8-9-16-32(30)50-38/h5-18,46H,19-23H2,1-4H3,(H,40,42,47). The zero-order valence-electron chi connectivity index (χ0n) is 28.4. The predicted molar refractivity (Wildman–Crippen MR) is 196 cm³/mol. The number of amides is 1. The molecule has 7 rings (SSSR count). The molecule has 3 aromatic heterocycles. The predicted octanol–water partition coefficient (Wildman–Crippen LogP) is 7.17. The van der Waals surface area contributed by atoms with Gasteiger partial charge in [0.1, 0.15) is 11.4 Å². The number of nitrogens with zero attached hydrogens (tertiary/aromatic N) is 5. The van der Waals surface area contributed by atoms with Crippen molar-refractivity contribution in [1.82, 2.24) is 19.7 Å². The maximum absolute atomic E-state index is 13.8. The summed E-state index contributed by atoms with van der Waals surface area (Å²) in [5.41, 5.74) is 6.31. The Labute approximate surface area is 294 Å². The number of thiazole rings is 1. The molecule has 6 aromatic rings. The number of hydrogen-bond acceptors (Lipinski definition) is 9. The van der Waals surface area contributed by atoms with Gasteiger partial charge in [0.25, 0.3) is 5.91 Å². The van der Waals surface area contributed by atoms with E-state index in [0.717, 1.165) is 32.6 Å². The fraction of sp³-hybridized carbons (Fsp3) is 0.256. The second kappa shape index (κ2) is 13.5. The van der Waals surface area contributed by atoms with Gasteiger partial charge in [-0.1, -0.05) is 65.9 Å². The van der Waals surface area contributed by atoms with E-state index in [1.54, 1.807) is 0 Å². The van der Waals surface area contributed by atoms with E-state index in [9.17, 15) is 14.7 Å². The van der Waals surface area contributed by atoms with E-state index in [4.69, 9.17) is 14.8 Å². The zero-order chi connectivity index (χ0) is 35.0. The molecule has 0 fully saturated rings. The van der Waals surface area contributed by atoms with Crippen LogP contribution in [0.2, 0.25) is 0 Å². The van der Waals surface area contributed by atoms with Crippen molar-refractivity contribution in [3.05, 3.63) is 124 Å². The summed E-state index contributed by atoms with van der Waals surface area (Å²) >= 11 is 1.44. The van der Waals surface area contributed by atoms with Crippen molar-refractivity contribution in [3.63, 3.8) is 0 Å². The summed E-state index contributed by atoms with van der Waals surface area (Å²) in [7, 11) is 0. The van der Waals surface area contributed by atoms with Crippen LogP contribution >= 0.6 is 11.3 Å². The maximum atomic E-state index is 13.8. The minimum atomic E-state index is -0.756. The number of benzene rings is 3. The number of nitrogens with one attached hydrogen (secondary N) is 1. The fourth-order valence-corrected chi connectivity index (χ4v) is 7.23. The van der Waals surface area contributed by atoms with Crippen molar-refractivity contribution in [2.75, 3.05) is 16.8 Å². The van der Waals surface area contributed by atoms with Crippen LogP contribution in [0.5, 0.6) is 0 Å². The second-order valence-electron chi connectivity index (χ2n) is 13.3. The third-order valence-corrected chi connectivity index (χ3v) is 9.65. The van der Waals surface area contributed by atoms with Crippen LogP contribution in [-0.2, 0) is 30.9 Å². The Morgan fingerprint density at radius 1 is 0.960 bits per heavy atom. The summed E-state index contributed by atoms with van der Waals surface area (Å²) in [6.45, 7) is 8.66. The van der Waals surface area contributed by atoms with Gasteiger partial charge >= 0.3 is 5.97 Å². The van der Waals surface area contributed by atoms with Gasteiger partial charge in [-0.15, -0.1) is 0 Å². The number of fused-ring (bicyclic) bond motifs is 2. The summed E-state index contributed by atoms with van der Waals surface area (Å²) in [5.74, 6) is -0.205. The zero-order valence-corrected chi connectivity index (χ0v) is 29.3. The average Bonchev–Trinajstić information content (AvgIpc) is 3.66. The number of ether oxygens (including phenoxy) is 1. The van der Waals surface area contributed by atoms with Gasteiger partial charge in [-0.3, -0.25) is 14.8 Å². The minimum Gasteiger partial charge on any atom is -0.455 e. The van der Waals surface area contributed by atoms with Gasteiger partial charge in [0, 0.05) is 35.5 Å². The van der Waals surface area contributed by atoms with Crippen molar-refractivity contribution in [2.45, 2.75) is 59.4 Å². The Morgan fingerprint density at radius 2 is 1.74 bits per heavy atom. The number of hydrogen-bond donors (Lipinski definition) is 2. The molecule has 1 aliphatic rings. The van der Waals surface area contributed by atoms with Crippen LogP contribution in [0.15, 0.2) is 84.9 Å². The Bertz CT molecular complexity index is 2190. The molecule has 11 heteroatoms. The van der Waals surface area contributed by atoms with Crippen molar-refractivity contribution in [2.24, 2.45) is 0 Å². The molecule has 2 N–H and O–H groups in total. The summed E-state index contributed by atoms with van der Waals surface area (Å²) in [4.78, 5) is 39.0. The number of rotatable bonds is 8. The van der Waals surface area contributed by atoms with E-state index >= 15 is 0 Å². The topological polar surface area (TPSA) is 122 Å². The Kier molecular flexibility index (Phi) is 8.94. The number of aliphatic hydroxyl groups is 1. The van der Waals surface area contributed by atoms with Crippen molar-refractivity contribution < 1.29 is 19.4 Å². The van der Waals surface area contributed by atoms with Crippen LogP contribution in [0, 0.1) is 6.92 Å². The lowest BCUT2D eigenvalue weighted by Crippen LogP contribution is -2.33. The smallest absolute Gasteiger partial charge is 0.358 e. The Balaban J connectivity index is 1.22. The molecule has 1 aliphatic heterocycles. The molecule has 0 spiro atoms. The molecular formula is C39H38N6O4S. The summed E-state index contributed by atoms with van der Waals surface area (Å²) < 4.78 is 8.70. The number of aromatic nitrogens is 4. The lowest BCUT2D eigenvalue weighted by molar-refractivity contribution is 0.00637. The number of carbonyl (C=O) groups is 2. The number of anilines is 2. The minimum absolute atomic E-state index is 0.141. The fourth-order valence-electron chi connectivity index (χ4n) is 6.37. The summed E-state index contributed by atoms with van der Waals surface area (Å²) in [5, 5.41) is 18.7. The van der Waals surface area contributed by atoms with E-state index in [1.165, 1.54) is 11.3 Å². The average molecular weight is 687 g/mol. The lowest BCUT2D eigenvalue weighted by Gasteiger charge is -2.31. The molecule has 4 heterocycles. The summed E-state index contributed by atoms with van der Waals surface area (Å²) in [6.07, 6.45) is 0.697. The highest BCUT2D eigenvalue weighted by Gasteiger charge is 2.29. The van der Waals surface area contributed by atoms with Gasteiger partial charge in [0.2, 0.25) is 0 Å². The SMILES string of the molecule is Cc1c(-c2ccc(N3CCc4cccc(C(=O)Nc5nc6ccccc6s5)c4C3)nc2C(=O)OC(C)(C)C)c(CO)nn1Cc1ccccc1. The maximum Gasteiger partial charge on any atom is 0.358 e. The van der Waals surface area contributed by atoms with Crippen LogP contribution in [0.4, 0.5) is 10.9 Å². The largest absolute Gasteiger partial charge is 0.455 e. The van der Waals surface area contributed by atoms with Gasteiger partial charge in [-0.25, -0.2) is 14.8 Å². The molecule has 0 radical (unpaired) electrons. The van der Waals surface area contributed by atoms with Crippen LogP contribution in [-0.4, -0.2) is 48.9 Å². The molecule has 3 aromatic carbocycles. The van der Waals surface area contributed by atoms with Gasteiger partial charge < -0.3 is 14.7 Å². The molecule has 10 nitrogen and oxygen atoms in total. The molecule has 0 atom stereocenters. The molecule has 1 amide bonds. The first kappa shape index (κ1) is 33.1. The first-order chi connectivity index (χ1) is 24.1. The molecule has 0 unspecified atom stereocenters. The lowest BCUT2D eigenvalue weighted by atomic mass is 9.94. The molecule has 0 bridgehead atoms. The van der Waals surface area contributed by atoms with Crippen LogP contribution in [0.1, 0.15) is 69.7 Å². The van der Waals surface area contributed by atoms with Gasteiger partial charge in [0.15, 0.2) is 10.8 Å². The monoisotopic (exact) mass is 686 g/mol. The molecule has 50 heavy (non-hydrogen) atoms. The van der Waals surface area contributed by atoms with Crippen LogP contribution in [0.25, 0.3) is 21.3 Å². The van der Waals surface area contributed by atoms with E-state index in [2.05, 4.69) is 21.3 Å². The summed E-state index contributed by atoms with van der Waals surface area (Å²) in [6, 6.07) is 27.3. The van der Waals surface area contributed by atoms with Gasteiger partial charge in [-0.05, 0) is 81.1 Å². The number of carbonyl (C=O) groups excluding carboxylic acids is 2. The second-order valence-corrected chi connectivity index (χ2v) is 14.4. The Morgan fingerprint density at radius 3 is 2.50 bits per heavy atom. The van der Waals surface area contributed by atoms with Gasteiger partial charge in [0.05, 0.1) is 29.1 Å². The van der Waals surface area contributed by atoms with Crippen LogP contribution < -0.4 is 10.2 Å². The third kappa shape index (κ3) is 6.74. The molecule has 0 saturated carbocycles. The first-order valence-corrected chi connectivity index (χ1v) is 17.4. The Hall–Kier alpha value is -5.39. The van der Waals surface area contributed by atoms with E-state index in [0.29, 0.717) is 59.4 Å². The molecule has 0 saturated heterocycles. The normalized spacial score (nSPS) is 12.9. The first-order valence-electron chi connectivity index (χ1n) is 16.6. The van der Waals surface area contributed by atoms with Crippen molar-refractivity contribution in [1.29, 1.82) is 0 Å².